The van der Waals surface area contributed by atoms with Gasteiger partial charge >= 0.3 is 0 Å². The summed E-state index contributed by atoms with van der Waals surface area (Å²) in [6.45, 7) is 3.57. The highest BCUT2D eigenvalue weighted by atomic mass is 79.9. The quantitative estimate of drug-likeness (QED) is 0.895. The summed E-state index contributed by atoms with van der Waals surface area (Å²) in [5.41, 5.74) is 0.876. The van der Waals surface area contributed by atoms with Crippen molar-refractivity contribution in [2.45, 2.75) is 19.3 Å². The summed E-state index contributed by atoms with van der Waals surface area (Å²) in [5.74, 6) is 1.46. The molecule has 1 amide bonds. The van der Waals surface area contributed by atoms with Gasteiger partial charge in [0.1, 0.15) is 0 Å². The number of nitrogens with one attached hydrogen (secondary N) is 1. The Labute approximate surface area is 134 Å². The fourth-order valence-electron chi connectivity index (χ4n) is 3.34. The predicted octanol–water partition coefficient (Wildman–Crippen LogP) is 3.54. The molecule has 0 aliphatic carbocycles. The van der Waals surface area contributed by atoms with Gasteiger partial charge in [-0.15, -0.1) is 12.4 Å². The van der Waals surface area contributed by atoms with Crippen LogP contribution in [0.3, 0.4) is 0 Å². The highest BCUT2D eigenvalue weighted by Crippen LogP contribution is 2.34. The normalized spacial score (nSPS) is 27.8. The Morgan fingerprint density at radius 1 is 1.35 bits per heavy atom. The van der Waals surface area contributed by atoms with E-state index >= 15 is 0 Å². The van der Waals surface area contributed by atoms with Crippen molar-refractivity contribution in [3.63, 3.8) is 0 Å². The summed E-state index contributed by atoms with van der Waals surface area (Å²) in [5, 5.41) is 3.00. The molecule has 1 unspecified atom stereocenters. The van der Waals surface area contributed by atoms with Gasteiger partial charge in [0, 0.05) is 23.1 Å². The molecule has 20 heavy (non-hydrogen) atoms. The highest BCUT2D eigenvalue weighted by molar-refractivity contribution is 9.10. The fraction of sp³-hybridized carbons (Fsp3) is 0.533. The second-order valence-corrected chi connectivity index (χ2v) is 6.58. The highest BCUT2D eigenvalue weighted by Gasteiger charge is 2.34. The van der Waals surface area contributed by atoms with E-state index in [0.717, 1.165) is 22.6 Å². The molecule has 3 aliphatic rings. The Balaban J connectivity index is 0.00000147. The molecule has 1 N–H and O–H groups in total. The first-order valence-corrected chi connectivity index (χ1v) is 7.78. The maximum atomic E-state index is 12.1. The third-order valence-electron chi connectivity index (χ3n) is 4.35. The topological polar surface area (TPSA) is 32.3 Å². The monoisotopic (exact) mass is 358 g/mol. The smallest absolute Gasteiger partial charge is 0.224 e. The van der Waals surface area contributed by atoms with Crippen LogP contribution in [0.25, 0.3) is 0 Å². The van der Waals surface area contributed by atoms with Gasteiger partial charge in [0.15, 0.2) is 0 Å². The predicted molar refractivity (Wildman–Crippen MR) is 87.3 cm³/mol. The molecule has 0 aromatic heterocycles. The third kappa shape index (κ3) is 3.74. The molecule has 1 atom stereocenters. The van der Waals surface area contributed by atoms with Crippen LogP contribution in [0.15, 0.2) is 28.7 Å². The van der Waals surface area contributed by atoms with Gasteiger partial charge < -0.3 is 10.2 Å². The Bertz CT molecular complexity index is 475. The van der Waals surface area contributed by atoms with Gasteiger partial charge in [0.25, 0.3) is 0 Å². The first-order chi connectivity index (χ1) is 9.20. The Kier molecular flexibility index (Phi) is 5.47. The number of fused-ring (bicyclic) bond motifs is 3. The summed E-state index contributed by atoms with van der Waals surface area (Å²) in [6.07, 6.45) is 3.21. The SMILES string of the molecule is Cl.O=C(CC1CN2CCC1CC2)Nc1cccc(Br)c1. The van der Waals surface area contributed by atoms with Crippen molar-refractivity contribution in [3.8, 4) is 0 Å². The van der Waals surface area contributed by atoms with Gasteiger partial charge in [-0.1, -0.05) is 22.0 Å². The molecule has 1 aromatic rings. The second-order valence-electron chi connectivity index (χ2n) is 5.66. The summed E-state index contributed by atoms with van der Waals surface area (Å²) in [6, 6.07) is 7.77. The van der Waals surface area contributed by atoms with Crippen LogP contribution in [0.4, 0.5) is 5.69 Å². The van der Waals surface area contributed by atoms with Crippen molar-refractivity contribution in [3.05, 3.63) is 28.7 Å². The summed E-state index contributed by atoms with van der Waals surface area (Å²) in [4.78, 5) is 14.6. The Hall–Kier alpha value is -0.580. The molecule has 3 nitrogen and oxygen atoms in total. The van der Waals surface area contributed by atoms with Crippen LogP contribution in [0.1, 0.15) is 19.3 Å². The van der Waals surface area contributed by atoms with Crippen molar-refractivity contribution >= 4 is 39.9 Å². The number of amides is 1. The van der Waals surface area contributed by atoms with Gasteiger partial charge in [0.05, 0.1) is 0 Å². The molecule has 2 bridgehead atoms. The van der Waals surface area contributed by atoms with E-state index in [4.69, 9.17) is 0 Å². The number of piperidine rings is 3. The minimum atomic E-state index is 0. The first-order valence-electron chi connectivity index (χ1n) is 6.98. The lowest BCUT2D eigenvalue weighted by atomic mass is 9.77. The summed E-state index contributed by atoms with van der Waals surface area (Å²) >= 11 is 3.42. The zero-order valence-corrected chi connectivity index (χ0v) is 13.8. The van der Waals surface area contributed by atoms with Gasteiger partial charge in [-0.05, 0) is 56.0 Å². The standard InChI is InChI=1S/C15H19BrN2O.ClH/c16-13-2-1-3-14(9-13)17-15(19)8-12-10-18-6-4-11(12)5-7-18;/h1-3,9,11-12H,4-8,10H2,(H,17,19);1H. The molecule has 3 fully saturated rings. The lowest BCUT2D eigenvalue weighted by Crippen LogP contribution is -2.48. The summed E-state index contributed by atoms with van der Waals surface area (Å²) < 4.78 is 0.994. The van der Waals surface area contributed by atoms with Crippen LogP contribution in [0, 0.1) is 11.8 Å². The molecule has 5 heteroatoms. The third-order valence-corrected chi connectivity index (χ3v) is 4.84. The van der Waals surface area contributed by atoms with Gasteiger partial charge in [-0.3, -0.25) is 4.79 Å². The number of hydrogen-bond donors (Lipinski definition) is 1. The number of anilines is 1. The molecule has 0 spiro atoms. The van der Waals surface area contributed by atoms with Crippen LogP contribution in [-0.2, 0) is 4.79 Å². The molecule has 1 aromatic carbocycles. The van der Waals surface area contributed by atoms with Crippen molar-refractivity contribution < 1.29 is 4.79 Å². The van der Waals surface area contributed by atoms with Crippen LogP contribution in [-0.4, -0.2) is 30.4 Å². The van der Waals surface area contributed by atoms with E-state index in [1.54, 1.807) is 0 Å². The number of benzene rings is 1. The van der Waals surface area contributed by atoms with E-state index in [2.05, 4.69) is 26.1 Å². The second kappa shape index (κ2) is 6.92. The lowest BCUT2D eigenvalue weighted by molar-refractivity contribution is -0.118. The number of halogens is 2. The van der Waals surface area contributed by atoms with E-state index in [-0.39, 0.29) is 18.3 Å². The van der Waals surface area contributed by atoms with Crippen LogP contribution in [0.2, 0.25) is 0 Å². The first kappa shape index (κ1) is 15.8. The van der Waals surface area contributed by atoms with E-state index in [0.29, 0.717) is 12.3 Å². The maximum absolute atomic E-state index is 12.1. The molecule has 3 saturated heterocycles. The number of carbonyl (C=O) groups is 1. The molecule has 0 saturated carbocycles. The van der Waals surface area contributed by atoms with E-state index < -0.39 is 0 Å². The van der Waals surface area contributed by atoms with E-state index in [1.807, 2.05) is 24.3 Å². The molecule has 110 valence electrons. The average Bonchev–Trinajstić information content (AvgIpc) is 2.40. The average molecular weight is 360 g/mol. The van der Waals surface area contributed by atoms with Crippen LogP contribution < -0.4 is 5.32 Å². The lowest BCUT2D eigenvalue weighted by Gasteiger charge is -2.44. The van der Waals surface area contributed by atoms with Gasteiger partial charge in [-0.2, -0.15) is 0 Å². The molecule has 4 rings (SSSR count). The Morgan fingerprint density at radius 2 is 2.10 bits per heavy atom. The largest absolute Gasteiger partial charge is 0.326 e. The summed E-state index contributed by atoms with van der Waals surface area (Å²) in [7, 11) is 0. The molecule has 3 aliphatic heterocycles. The molecular formula is C15H20BrClN2O. The minimum Gasteiger partial charge on any atom is -0.326 e. The zero-order chi connectivity index (χ0) is 13.2. The molecular weight excluding hydrogens is 340 g/mol. The maximum Gasteiger partial charge on any atom is 0.224 e. The van der Waals surface area contributed by atoms with Crippen molar-refractivity contribution in [1.29, 1.82) is 0 Å². The number of hydrogen-bond acceptors (Lipinski definition) is 2. The van der Waals surface area contributed by atoms with E-state index in [1.165, 1.54) is 25.9 Å². The van der Waals surface area contributed by atoms with Gasteiger partial charge in [0.2, 0.25) is 5.91 Å². The number of nitrogens with zero attached hydrogens (tertiary/aromatic N) is 1. The molecule has 0 radical (unpaired) electrons. The van der Waals surface area contributed by atoms with Crippen LogP contribution in [0.5, 0.6) is 0 Å². The van der Waals surface area contributed by atoms with Gasteiger partial charge in [-0.25, -0.2) is 0 Å². The number of rotatable bonds is 3. The fourth-order valence-corrected chi connectivity index (χ4v) is 3.73. The minimum absolute atomic E-state index is 0. The molecule has 3 heterocycles. The van der Waals surface area contributed by atoms with Crippen molar-refractivity contribution in [1.82, 2.24) is 4.90 Å². The van der Waals surface area contributed by atoms with E-state index in [9.17, 15) is 4.79 Å². The zero-order valence-electron chi connectivity index (χ0n) is 11.3. The number of carbonyl (C=O) groups excluding carboxylic acids is 1. The van der Waals surface area contributed by atoms with Crippen molar-refractivity contribution in [2.75, 3.05) is 25.0 Å². The van der Waals surface area contributed by atoms with Crippen LogP contribution >= 0.6 is 28.3 Å². The Morgan fingerprint density at radius 3 is 2.70 bits per heavy atom. The van der Waals surface area contributed by atoms with Crippen molar-refractivity contribution in [2.24, 2.45) is 11.8 Å².